The molecule has 0 aliphatic carbocycles. The van der Waals surface area contributed by atoms with Gasteiger partial charge >= 0.3 is 5.63 Å². The molecule has 0 saturated carbocycles. The van der Waals surface area contributed by atoms with E-state index in [-0.39, 0.29) is 35.9 Å². The summed E-state index contributed by atoms with van der Waals surface area (Å²) in [6.45, 7) is 2.07. The van der Waals surface area contributed by atoms with Crippen LogP contribution in [0.3, 0.4) is 0 Å². The van der Waals surface area contributed by atoms with E-state index in [2.05, 4.69) is 5.32 Å². The smallest absolute Gasteiger partial charge is 0.340 e. The first kappa shape index (κ1) is 19.6. The highest BCUT2D eigenvalue weighted by atomic mass is 16.4. The molecule has 1 atom stereocenters. The van der Waals surface area contributed by atoms with Crippen molar-refractivity contribution in [2.24, 2.45) is 11.5 Å². The lowest BCUT2D eigenvalue weighted by Gasteiger charge is -2.23. The van der Waals surface area contributed by atoms with E-state index in [4.69, 9.17) is 15.9 Å². The first-order chi connectivity index (χ1) is 13.3. The molecule has 2 aromatic rings. The number of amides is 3. The average Bonchev–Trinajstić information content (AvgIpc) is 3.14. The number of carbonyl (C=O) groups is 3. The predicted molar refractivity (Wildman–Crippen MR) is 103 cm³/mol. The zero-order valence-electron chi connectivity index (χ0n) is 15.5. The van der Waals surface area contributed by atoms with Gasteiger partial charge in [-0.3, -0.25) is 14.4 Å². The first-order valence-corrected chi connectivity index (χ1v) is 8.97. The molecule has 1 aromatic heterocycles. The Kier molecular flexibility index (Phi) is 5.46. The lowest BCUT2D eigenvalue weighted by Crippen LogP contribution is -2.45. The summed E-state index contributed by atoms with van der Waals surface area (Å²) in [5, 5.41) is 3.41. The van der Waals surface area contributed by atoms with Gasteiger partial charge in [-0.05, 0) is 37.5 Å². The Labute approximate surface area is 160 Å². The third-order valence-electron chi connectivity index (χ3n) is 4.96. The van der Waals surface area contributed by atoms with Gasteiger partial charge < -0.3 is 26.1 Å². The number of hydrogen-bond donors (Lipinski definition) is 3. The highest BCUT2D eigenvalue weighted by Crippen LogP contribution is 2.24. The Morgan fingerprint density at radius 1 is 1.32 bits per heavy atom. The Bertz CT molecular complexity index is 1010. The van der Waals surface area contributed by atoms with E-state index in [1.54, 1.807) is 25.1 Å². The van der Waals surface area contributed by atoms with E-state index in [1.165, 1.54) is 4.90 Å². The molecule has 1 unspecified atom stereocenters. The van der Waals surface area contributed by atoms with Crippen molar-refractivity contribution in [3.05, 3.63) is 39.7 Å². The highest BCUT2D eigenvalue weighted by Gasteiger charge is 2.33. The lowest BCUT2D eigenvalue weighted by atomic mass is 10.0. The third-order valence-corrected chi connectivity index (χ3v) is 4.96. The minimum Gasteiger partial charge on any atom is -0.422 e. The molecule has 2 heterocycles. The monoisotopic (exact) mass is 386 g/mol. The summed E-state index contributed by atoms with van der Waals surface area (Å²) in [4.78, 5) is 49.3. The highest BCUT2D eigenvalue weighted by molar-refractivity contribution is 5.99. The van der Waals surface area contributed by atoms with Gasteiger partial charge in [-0.1, -0.05) is 0 Å². The second kappa shape index (κ2) is 7.81. The van der Waals surface area contributed by atoms with Gasteiger partial charge in [0.05, 0.1) is 18.5 Å². The van der Waals surface area contributed by atoms with E-state index in [9.17, 15) is 19.2 Å². The standard InChI is InChI=1S/C19H22N4O5/c1-10-12-5-4-11(7-15(12)28-19(27)13(10)8-16(21)24)22-18(26)14-3-2-6-23(14)17(25)9-20/h4-5,7,14H,2-3,6,8-9,20H2,1H3,(H2,21,24)(H,22,26). The fourth-order valence-corrected chi connectivity index (χ4v) is 3.53. The molecule has 5 N–H and O–H groups in total. The predicted octanol–water partition coefficient (Wildman–Crippen LogP) is 0.0174. The van der Waals surface area contributed by atoms with Crippen LogP contribution >= 0.6 is 0 Å². The Balaban J connectivity index is 1.87. The molecule has 1 aliphatic rings. The molecule has 0 radical (unpaired) electrons. The van der Waals surface area contributed by atoms with Crippen LogP contribution in [0.4, 0.5) is 5.69 Å². The zero-order valence-corrected chi connectivity index (χ0v) is 15.5. The Morgan fingerprint density at radius 3 is 2.75 bits per heavy atom. The number of aryl methyl sites for hydroxylation is 1. The van der Waals surface area contributed by atoms with Gasteiger partial charge in [0.2, 0.25) is 17.7 Å². The largest absolute Gasteiger partial charge is 0.422 e. The summed E-state index contributed by atoms with van der Waals surface area (Å²) in [7, 11) is 0. The molecule has 1 fully saturated rings. The van der Waals surface area contributed by atoms with Crippen LogP contribution < -0.4 is 22.4 Å². The van der Waals surface area contributed by atoms with Gasteiger partial charge in [-0.25, -0.2) is 4.79 Å². The van der Waals surface area contributed by atoms with E-state index >= 15 is 0 Å². The maximum atomic E-state index is 12.6. The summed E-state index contributed by atoms with van der Waals surface area (Å²) in [5.74, 6) is -1.20. The quantitative estimate of drug-likeness (QED) is 0.617. The molecule has 1 aliphatic heterocycles. The van der Waals surface area contributed by atoms with Gasteiger partial charge in [0, 0.05) is 23.7 Å². The summed E-state index contributed by atoms with van der Waals surface area (Å²) in [5.41, 5.74) is 11.5. The first-order valence-electron chi connectivity index (χ1n) is 8.97. The number of hydrogen-bond acceptors (Lipinski definition) is 6. The number of nitrogens with one attached hydrogen (secondary N) is 1. The fourth-order valence-electron chi connectivity index (χ4n) is 3.53. The Hall–Kier alpha value is -3.20. The summed E-state index contributed by atoms with van der Waals surface area (Å²) in [6, 6.07) is 4.34. The minimum absolute atomic E-state index is 0.141. The van der Waals surface area contributed by atoms with Crippen LogP contribution in [-0.2, 0) is 20.8 Å². The molecule has 9 nitrogen and oxygen atoms in total. The van der Waals surface area contributed by atoms with Crippen molar-refractivity contribution in [3.63, 3.8) is 0 Å². The molecule has 0 spiro atoms. The molecule has 1 saturated heterocycles. The number of nitrogens with zero attached hydrogens (tertiary/aromatic N) is 1. The molecule has 9 heteroatoms. The van der Waals surface area contributed by atoms with Gasteiger partial charge in [-0.15, -0.1) is 0 Å². The van der Waals surface area contributed by atoms with Crippen LogP contribution in [-0.4, -0.2) is 41.8 Å². The van der Waals surface area contributed by atoms with Crippen LogP contribution in [0.25, 0.3) is 11.0 Å². The second-order valence-corrected chi connectivity index (χ2v) is 6.79. The molecule has 0 bridgehead atoms. The average molecular weight is 386 g/mol. The zero-order chi connectivity index (χ0) is 20.4. The normalized spacial score (nSPS) is 16.4. The topological polar surface area (TPSA) is 149 Å². The fraction of sp³-hybridized carbons (Fsp3) is 0.368. The molecule has 3 rings (SSSR count). The molecule has 1 aromatic carbocycles. The number of benzene rings is 1. The van der Waals surface area contributed by atoms with Crippen molar-refractivity contribution in [2.75, 3.05) is 18.4 Å². The van der Waals surface area contributed by atoms with E-state index in [0.717, 1.165) is 6.42 Å². The van der Waals surface area contributed by atoms with E-state index in [1.807, 2.05) is 0 Å². The Morgan fingerprint density at radius 2 is 2.07 bits per heavy atom. The van der Waals surface area contributed by atoms with Crippen molar-refractivity contribution in [1.82, 2.24) is 4.90 Å². The van der Waals surface area contributed by atoms with Crippen molar-refractivity contribution >= 4 is 34.4 Å². The number of carbonyl (C=O) groups excluding carboxylic acids is 3. The summed E-state index contributed by atoms with van der Waals surface area (Å²) in [6.07, 6.45) is 1.10. The second-order valence-electron chi connectivity index (χ2n) is 6.79. The summed E-state index contributed by atoms with van der Waals surface area (Å²) < 4.78 is 5.30. The number of nitrogens with two attached hydrogens (primary N) is 2. The SMILES string of the molecule is Cc1c(CC(N)=O)c(=O)oc2cc(NC(=O)C3CCCN3C(=O)CN)ccc12. The van der Waals surface area contributed by atoms with E-state index < -0.39 is 17.6 Å². The van der Waals surface area contributed by atoms with Crippen molar-refractivity contribution in [3.8, 4) is 0 Å². The maximum absolute atomic E-state index is 12.6. The number of anilines is 1. The third kappa shape index (κ3) is 3.74. The number of rotatable bonds is 5. The van der Waals surface area contributed by atoms with Crippen LogP contribution in [0.5, 0.6) is 0 Å². The van der Waals surface area contributed by atoms with Gasteiger partial charge in [0.15, 0.2) is 0 Å². The maximum Gasteiger partial charge on any atom is 0.340 e. The number of primary amides is 1. The van der Waals surface area contributed by atoms with Crippen LogP contribution in [0.2, 0.25) is 0 Å². The molecule has 148 valence electrons. The van der Waals surface area contributed by atoms with Crippen molar-refractivity contribution < 1.29 is 18.8 Å². The van der Waals surface area contributed by atoms with Crippen LogP contribution in [0.1, 0.15) is 24.0 Å². The van der Waals surface area contributed by atoms with Gasteiger partial charge in [-0.2, -0.15) is 0 Å². The summed E-state index contributed by atoms with van der Waals surface area (Å²) >= 11 is 0. The van der Waals surface area contributed by atoms with Gasteiger partial charge in [0.25, 0.3) is 0 Å². The van der Waals surface area contributed by atoms with E-state index in [0.29, 0.717) is 29.6 Å². The lowest BCUT2D eigenvalue weighted by molar-refractivity contribution is -0.135. The van der Waals surface area contributed by atoms with Crippen LogP contribution in [0, 0.1) is 6.92 Å². The van der Waals surface area contributed by atoms with Crippen molar-refractivity contribution in [2.45, 2.75) is 32.2 Å². The minimum atomic E-state index is -0.636. The molecule has 28 heavy (non-hydrogen) atoms. The molecular weight excluding hydrogens is 364 g/mol. The molecular formula is C19H22N4O5. The van der Waals surface area contributed by atoms with Crippen molar-refractivity contribution in [1.29, 1.82) is 0 Å². The number of likely N-dealkylation sites (tertiary alicyclic amines) is 1. The van der Waals surface area contributed by atoms with Gasteiger partial charge in [0.1, 0.15) is 11.6 Å². The molecule has 3 amide bonds. The number of fused-ring (bicyclic) bond motifs is 1. The van der Waals surface area contributed by atoms with Crippen LogP contribution in [0.15, 0.2) is 27.4 Å².